The van der Waals surface area contributed by atoms with Crippen LogP contribution in [0.15, 0.2) is 23.2 Å². The molecule has 6 heteroatoms. The monoisotopic (exact) mass is 273 g/mol. The van der Waals surface area contributed by atoms with Crippen molar-refractivity contribution >= 4 is 34.9 Å². The van der Waals surface area contributed by atoms with E-state index in [4.69, 9.17) is 33.7 Å². The molecule has 0 saturated heterocycles. The van der Waals surface area contributed by atoms with Gasteiger partial charge in [-0.3, -0.25) is 0 Å². The number of rotatable bonds is 3. The van der Waals surface area contributed by atoms with Crippen LogP contribution in [0.1, 0.15) is 0 Å². The molecular formula is C11H13Cl2N3O. The van der Waals surface area contributed by atoms with Gasteiger partial charge in [-0.05, 0) is 18.2 Å². The summed E-state index contributed by atoms with van der Waals surface area (Å²) in [5.74, 6) is 0. The molecule has 1 aliphatic rings. The van der Waals surface area contributed by atoms with Crippen LogP contribution in [0, 0.1) is 0 Å². The van der Waals surface area contributed by atoms with Gasteiger partial charge >= 0.3 is 0 Å². The Kier molecular flexibility index (Phi) is 3.64. The fourth-order valence-electron chi connectivity index (χ4n) is 1.71. The predicted molar refractivity (Wildman–Crippen MR) is 71.1 cm³/mol. The lowest BCUT2D eigenvalue weighted by molar-refractivity contribution is 0.314. The number of nitrogens with two attached hydrogens (primary N) is 1. The zero-order chi connectivity index (χ0) is 12.4. The van der Waals surface area contributed by atoms with Crippen LogP contribution >= 0.6 is 23.2 Å². The molecule has 0 saturated carbocycles. The molecule has 1 aromatic rings. The minimum absolute atomic E-state index is 0.0535. The molecule has 1 atom stereocenters. The first-order valence-electron chi connectivity index (χ1n) is 5.18. The lowest BCUT2D eigenvalue weighted by Gasteiger charge is -2.21. The summed E-state index contributed by atoms with van der Waals surface area (Å²) in [6.45, 7) is 1.22. The second-order valence-corrected chi connectivity index (χ2v) is 4.81. The van der Waals surface area contributed by atoms with Crippen LogP contribution in [-0.2, 0) is 4.74 Å². The first-order valence-corrected chi connectivity index (χ1v) is 5.93. The van der Waals surface area contributed by atoms with E-state index in [2.05, 4.69) is 4.99 Å². The van der Waals surface area contributed by atoms with E-state index in [0.717, 1.165) is 5.69 Å². The molecule has 0 radical (unpaired) electrons. The quantitative estimate of drug-likeness (QED) is 0.918. The molecule has 1 unspecified atom stereocenters. The van der Waals surface area contributed by atoms with Crippen molar-refractivity contribution in [2.45, 2.75) is 6.04 Å². The van der Waals surface area contributed by atoms with Crippen molar-refractivity contribution in [2.75, 3.05) is 25.1 Å². The van der Waals surface area contributed by atoms with E-state index in [1.54, 1.807) is 6.07 Å². The molecule has 0 aliphatic carbocycles. The number of halogens is 2. The molecule has 1 heterocycles. The highest BCUT2D eigenvalue weighted by Gasteiger charge is 2.18. The summed E-state index contributed by atoms with van der Waals surface area (Å²) < 4.78 is 5.10. The number of benzene rings is 1. The zero-order valence-electron chi connectivity index (χ0n) is 9.36. The van der Waals surface area contributed by atoms with Crippen molar-refractivity contribution < 1.29 is 4.74 Å². The van der Waals surface area contributed by atoms with Crippen molar-refractivity contribution in [1.29, 1.82) is 0 Å². The zero-order valence-corrected chi connectivity index (χ0v) is 10.9. The third kappa shape index (κ3) is 3.17. The highest BCUT2D eigenvalue weighted by Crippen LogP contribution is 2.25. The van der Waals surface area contributed by atoms with Crippen LogP contribution in [0.25, 0.3) is 0 Å². The van der Waals surface area contributed by atoms with Crippen LogP contribution < -0.4 is 10.6 Å². The molecule has 1 aliphatic heterocycles. The van der Waals surface area contributed by atoms with Gasteiger partial charge in [-0.15, -0.1) is 0 Å². The first kappa shape index (κ1) is 12.3. The van der Waals surface area contributed by atoms with Gasteiger partial charge in [0.05, 0.1) is 0 Å². The van der Waals surface area contributed by atoms with Crippen LogP contribution in [0.2, 0.25) is 10.0 Å². The number of nitrogens with zero attached hydrogens (tertiary/aromatic N) is 2. The molecule has 0 bridgehead atoms. The number of ether oxygens (including phenoxy) is 1. The Hall–Kier alpha value is -1.13. The van der Waals surface area contributed by atoms with Gasteiger partial charge < -0.3 is 15.4 Å². The molecule has 0 spiro atoms. The Morgan fingerprint density at radius 1 is 1.41 bits per heavy atom. The Bertz CT molecular complexity index is 430. The Morgan fingerprint density at radius 2 is 2.06 bits per heavy atom. The second-order valence-electron chi connectivity index (χ2n) is 3.94. The third-order valence-electron chi connectivity index (χ3n) is 2.51. The van der Waals surface area contributed by atoms with Gasteiger partial charge in [0, 0.05) is 29.3 Å². The molecule has 0 aromatic heterocycles. The first-order chi connectivity index (χ1) is 8.04. The number of aliphatic imine (C=N–C) groups is 1. The van der Waals surface area contributed by atoms with Crippen molar-refractivity contribution in [3.8, 4) is 0 Å². The summed E-state index contributed by atoms with van der Waals surface area (Å²) in [5.41, 5.74) is 6.40. The standard InChI is InChI=1S/C11H13Cl2N3O/c1-16(5-9-6-17-11(14)15-9)10-3-7(12)2-8(13)4-10/h2-4,9H,5-6H2,1H3,(H2,14,15). The largest absolute Gasteiger partial charge is 0.463 e. The van der Waals surface area contributed by atoms with Gasteiger partial charge in [-0.25, -0.2) is 4.99 Å². The molecule has 2 N–H and O–H groups in total. The van der Waals surface area contributed by atoms with Crippen molar-refractivity contribution in [3.63, 3.8) is 0 Å². The maximum Gasteiger partial charge on any atom is 0.282 e. The van der Waals surface area contributed by atoms with Crippen molar-refractivity contribution in [2.24, 2.45) is 10.7 Å². The predicted octanol–water partition coefficient (Wildman–Crippen LogP) is 2.14. The lowest BCUT2D eigenvalue weighted by Crippen LogP contribution is -2.28. The van der Waals surface area contributed by atoms with Gasteiger partial charge in [0.15, 0.2) is 0 Å². The lowest BCUT2D eigenvalue weighted by atomic mass is 10.2. The summed E-state index contributed by atoms with van der Waals surface area (Å²) in [4.78, 5) is 6.19. The van der Waals surface area contributed by atoms with Gasteiger partial charge in [-0.2, -0.15) is 0 Å². The summed E-state index contributed by atoms with van der Waals surface area (Å²) in [6, 6.07) is 5.73. The maximum absolute atomic E-state index is 5.95. The van der Waals surface area contributed by atoms with Crippen LogP contribution in [0.4, 0.5) is 5.69 Å². The van der Waals surface area contributed by atoms with E-state index in [1.165, 1.54) is 0 Å². The number of anilines is 1. The summed E-state index contributed by atoms with van der Waals surface area (Å²) in [6.07, 6.45) is 0. The van der Waals surface area contributed by atoms with E-state index in [1.807, 2.05) is 24.1 Å². The summed E-state index contributed by atoms with van der Waals surface area (Å²) in [5, 5.41) is 1.23. The molecule has 1 aromatic carbocycles. The molecule has 92 valence electrons. The molecular weight excluding hydrogens is 261 g/mol. The number of hydrogen-bond donors (Lipinski definition) is 1. The molecule has 0 fully saturated rings. The van der Waals surface area contributed by atoms with Gasteiger partial charge in [0.2, 0.25) is 0 Å². The van der Waals surface area contributed by atoms with Gasteiger partial charge in [0.25, 0.3) is 6.02 Å². The Labute approximate surface area is 110 Å². The fraction of sp³-hybridized carbons (Fsp3) is 0.364. The highest BCUT2D eigenvalue weighted by atomic mass is 35.5. The van der Waals surface area contributed by atoms with Crippen LogP contribution in [0.3, 0.4) is 0 Å². The summed E-state index contributed by atoms with van der Waals surface area (Å²) >= 11 is 11.9. The highest BCUT2D eigenvalue weighted by molar-refractivity contribution is 6.35. The maximum atomic E-state index is 5.95. The Balaban J connectivity index is 2.06. The minimum Gasteiger partial charge on any atom is -0.463 e. The fourth-order valence-corrected chi connectivity index (χ4v) is 2.23. The van der Waals surface area contributed by atoms with Crippen LogP contribution in [-0.4, -0.2) is 32.3 Å². The average molecular weight is 274 g/mol. The smallest absolute Gasteiger partial charge is 0.282 e. The van der Waals surface area contributed by atoms with E-state index >= 15 is 0 Å². The minimum atomic E-state index is 0.0535. The van der Waals surface area contributed by atoms with Crippen molar-refractivity contribution in [3.05, 3.63) is 28.2 Å². The topological polar surface area (TPSA) is 50.9 Å². The molecule has 17 heavy (non-hydrogen) atoms. The number of hydrogen-bond acceptors (Lipinski definition) is 4. The van der Waals surface area contributed by atoms with Gasteiger partial charge in [0.1, 0.15) is 12.6 Å². The van der Waals surface area contributed by atoms with E-state index in [-0.39, 0.29) is 12.1 Å². The number of amidine groups is 1. The van der Waals surface area contributed by atoms with E-state index in [9.17, 15) is 0 Å². The average Bonchev–Trinajstić information content (AvgIpc) is 2.62. The molecule has 4 nitrogen and oxygen atoms in total. The molecule has 2 rings (SSSR count). The second kappa shape index (κ2) is 5.02. The number of likely N-dealkylation sites (N-methyl/N-ethyl adjacent to an activating group) is 1. The third-order valence-corrected chi connectivity index (χ3v) is 2.94. The van der Waals surface area contributed by atoms with Crippen LogP contribution in [0.5, 0.6) is 0 Å². The SMILES string of the molecule is CN(CC1COC(N)=N1)c1cc(Cl)cc(Cl)c1. The van der Waals surface area contributed by atoms with E-state index in [0.29, 0.717) is 23.2 Å². The van der Waals surface area contributed by atoms with Crippen molar-refractivity contribution in [1.82, 2.24) is 0 Å². The van der Waals surface area contributed by atoms with E-state index < -0.39 is 0 Å². The summed E-state index contributed by atoms with van der Waals surface area (Å²) in [7, 11) is 1.95. The van der Waals surface area contributed by atoms with Gasteiger partial charge in [-0.1, -0.05) is 23.2 Å². The Morgan fingerprint density at radius 3 is 2.59 bits per heavy atom. The normalized spacial score (nSPS) is 18.8. The molecule has 0 amide bonds.